The van der Waals surface area contributed by atoms with Crippen LogP contribution in [0.15, 0.2) is 0 Å². The molecule has 0 aromatic heterocycles. The third kappa shape index (κ3) is 3.29. The van der Waals surface area contributed by atoms with Crippen molar-refractivity contribution in [2.75, 3.05) is 7.05 Å². The van der Waals surface area contributed by atoms with E-state index in [1.165, 1.54) is 25.7 Å². The van der Waals surface area contributed by atoms with Crippen molar-refractivity contribution in [1.82, 2.24) is 4.90 Å². The van der Waals surface area contributed by atoms with Crippen molar-refractivity contribution in [2.45, 2.75) is 75.9 Å². The number of hydrogen-bond acceptors (Lipinski definition) is 3. The van der Waals surface area contributed by atoms with E-state index in [1.807, 2.05) is 0 Å². The van der Waals surface area contributed by atoms with Gasteiger partial charge in [-0.15, -0.1) is 0 Å². The molecule has 1 amide bonds. The number of carbonyl (C=O) groups excluding carboxylic acids is 1. The molecular weight excluding hydrogens is 238 g/mol. The molecule has 4 unspecified atom stereocenters. The van der Waals surface area contributed by atoms with Crippen molar-refractivity contribution in [2.24, 2.45) is 17.4 Å². The smallest absolute Gasteiger partial charge is 0.237 e. The van der Waals surface area contributed by atoms with Crippen LogP contribution in [0.5, 0.6) is 0 Å². The molecule has 110 valence electrons. The summed E-state index contributed by atoms with van der Waals surface area (Å²) >= 11 is 0. The van der Waals surface area contributed by atoms with Crippen LogP contribution in [0.4, 0.5) is 0 Å². The number of hydrogen-bond donors (Lipinski definition) is 2. The Morgan fingerprint density at radius 2 is 1.89 bits per heavy atom. The maximum Gasteiger partial charge on any atom is 0.237 e. The number of rotatable bonds is 3. The van der Waals surface area contributed by atoms with Crippen molar-refractivity contribution in [3.63, 3.8) is 0 Å². The van der Waals surface area contributed by atoms with E-state index < -0.39 is 5.54 Å². The van der Waals surface area contributed by atoms with Crippen LogP contribution >= 0.6 is 0 Å². The average Bonchev–Trinajstić information content (AvgIpc) is 2.38. The molecule has 4 N–H and O–H groups in total. The Kier molecular flexibility index (Phi) is 4.51. The average molecular weight is 267 g/mol. The highest BCUT2D eigenvalue weighted by Crippen LogP contribution is 2.33. The lowest BCUT2D eigenvalue weighted by atomic mass is 9.77. The first-order chi connectivity index (χ1) is 8.92. The summed E-state index contributed by atoms with van der Waals surface area (Å²) in [5.74, 6) is 0.492. The lowest BCUT2D eigenvalue weighted by Crippen LogP contribution is -2.59. The largest absolute Gasteiger partial charge is 0.368 e. The van der Waals surface area contributed by atoms with E-state index in [0.717, 1.165) is 31.6 Å². The van der Waals surface area contributed by atoms with Crippen LogP contribution < -0.4 is 11.5 Å². The van der Waals surface area contributed by atoms with Gasteiger partial charge in [0.1, 0.15) is 0 Å². The number of nitrogens with two attached hydrogens (primary N) is 2. The van der Waals surface area contributed by atoms with Crippen molar-refractivity contribution < 1.29 is 4.79 Å². The summed E-state index contributed by atoms with van der Waals surface area (Å²) in [7, 11) is 2.21. The molecule has 4 heteroatoms. The summed E-state index contributed by atoms with van der Waals surface area (Å²) in [5, 5.41) is 0. The Balaban J connectivity index is 1.98. The van der Waals surface area contributed by atoms with Crippen LogP contribution in [0.2, 0.25) is 0 Å². The number of amides is 1. The van der Waals surface area contributed by atoms with E-state index in [0.29, 0.717) is 12.1 Å². The summed E-state index contributed by atoms with van der Waals surface area (Å²) in [6, 6.07) is 1.07. The van der Waals surface area contributed by atoms with Gasteiger partial charge in [0.05, 0.1) is 5.54 Å². The lowest BCUT2D eigenvalue weighted by Gasteiger charge is -2.44. The van der Waals surface area contributed by atoms with Gasteiger partial charge in [0.25, 0.3) is 0 Å². The maximum atomic E-state index is 11.6. The van der Waals surface area contributed by atoms with Gasteiger partial charge in [-0.25, -0.2) is 0 Å². The molecule has 0 radical (unpaired) electrons. The second-order valence-electron chi connectivity index (χ2n) is 6.86. The minimum absolute atomic E-state index is 0.331. The molecule has 2 saturated carbocycles. The van der Waals surface area contributed by atoms with Crippen molar-refractivity contribution >= 4 is 5.91 Å². The SMILES string of the molecule is CC1CCCC(N(C)C2CCCC(N)(C(N)=O)C2)C1. The van der Waals surface area contributed by atoms with E-state index in [1.54, 1.807) is 0 Å². The van der Waals surface area contributed by atoms with E-state index in [4.69, 9.17) is 11.5 Å². The van der Waals surface area contributed by atoms with Gasteiger partial charge in [-0.3, -0.25) is 4.79 Å². The molecule has 0 bridgehead atoms. The summed E-state index contributed by atoms with van der Waals surface area (Å²) in [4.78, 5) is 14.0. The summed E-state index contributed by atoms with van der Waals surface area (Å²) in [6.07, 6.45) is 8.87. The number of carbonyl (C=O) groups is 1. The normalized spacial score (nSPS) is 40.3. The van der Waals surface area contributed by atoms with Gasteiger partial charge in [-0.1, -0.05) is 19.8 Å². The van der Waals surface area contributed by atoms with Crippen molar-refractivity contribution in [1.29, 1.82) is 0 Å². The zero-order valence-corrected chi connectivity index (χ0v) is 12.4. The quantitative estimate of drug-likeness (QED) is 0.816. The fraction of sp³-hybridized carbons (Fsp3) is 0.933. The standard InChI is InChI=1S/C15H29N3O/c1-11-5-3-6-12(9-11)18(2)13-7-4-8-15(17,10-13)14(16)19/h11-13H,3-10,17H2,1-2H3,(H2,16,19). The van der Waals surface area contributed by atoms with Gasteiger partial charge >= 0.3 is 0 Å². The molecule has 0 spiro atoms. The Morgan fingerprint density at radius 1 is 1.21 bits per heavy atom. The third-order valence-corrected chi connectivity index (χ3v) is 5.31. The summed E-state index contributed by atoms with van der Waals surface area (Å²) in [6.45, 7) is 2.34. The zero-order valence-electron chi connectivity index (χ0n) is 12.4. The van der Waals surface area contributed by atoms with Gasteiger partial charge in [0, 0.05) is 12.1 Å². The van der Waals surface area contributed by atoms with Gasteiger partial charge in [0.15, 0.2) is 0 Å². The molecule has 2 fully saturated rings. The summed E-state index contributed by atoms with van der Waals surface area (Å²) in [5.41, 5.74) is 10.9. The highest BCUT2D eigenvalue weighted by atomic mass is 16.1. The monoisotopic (exact) mass is 267 g/mol. The zero-order chi connectivity index (χ0) is 14.0. The van der Waals surface area contributed by atoms with Crippen LogP contribution in [-0.4, -0.2) is 35.5 Å². The number of primary amides is 1. The van der Waals surface area contributed by atoms with E-state index >= 15 is 0 Å². The Labute approximate surface area is 116 Å². The van der Waals surface area contributed by atoms with Crippen LogP contribution in [0, 0.1) is 5.92 Å². The topological polar surface area (TPSA) is 72.3 Å². The van der Waals surface area contributed by atoms with E-state index in [-0.39, 0.29) is 5.91 Å². The molecule has 0 aliphatic heterocycles. The highest BCUT2D eigenvalue weighted by Gasteiger charge is 2.40. The second-order valence-corrected chi connectivity index (χ2v) is 6.86. The molecule has 2 aliphatic carbocycles. The molecule has 0 aromatic carbocycles. The summed E-state index contributed by atoms with van der Waals surface area (Å²) < 4.78 is 0. The predicted octanol–water partition coefficient (Wildman–Crippen LogP) is 1.62. The molecule has 2 rings (SSSR count). The van der Waals surface area contributed by atoms with Gasteiger partial charge in [-0.05, 0) is 51.5 Å². The second kappa shape index (κ2) is 5.80. The Morgan fingerprint density at radius 3 is 2.53 bits per heavy atom. The maximum absolute atomic E-state index is 11.6. The van der Waals surface area contributed by atoms with Crippen LogP contribution in [0.25, 0.3) is 0 Å². The van der Waals surface area contributed by atoms with Crippen molar-refractivity contribution in [3.8, 4) is 0 Å². The molecule has 4 atom stereocenters. The van der Waals surface area contributed by atoms with Crippen LogP contribution in [0.1, 0.15) is 58.3 Å². The van der Waals surface area contributed by atoms with Crippen molar-refractivity contribution in [3.05, 3.63) is 0 Å². The van der Waals surface area contributed by atoms with E-state index in [2.05, 4.69) is 18.9 Å². The number of nitrogens with zero attached hydrogens (tertiary/aromatic N) is 1. The van der Waals surface area contributed by atoms with E-state index in [9.17, 15) is 4.79 Å². The van der Waals surface area contributed by atoms with Gasteiger partial charge < -0.3 is 16.4 Å². The minimum atomic E-state index is -0.780. The first-order valence-electron chi connectivity index (χ1n) is 7.73. The molecule has 4 nitrogen and oxygen atoms in total. The molecule has 0 aromatic rings. The predicted molar refractivity (Wildman–Crippen MR) is 77.6 cm³/mol. The molecule has 19 heavy (non-hydrogen) atoms. The first-order valence-corrected chi connectivity index (χ1v) is 7.73. The minimum Gasteiger partial charge on any atom is -0.368 e. The third-order valence-electron chi connectivity index (χ3n) is 5.31. The van der Waals surface area contributed by atoms with Crippen LogP contribution in [0.3, 0.4) is 0 Å². The van der Waals surface area contributed by atoms with Gasteiger partial charge in [0.2, 0.25) is 5.91 Å². The molecule has 2 aliphatic rings. The fourth-order valence-corrected chi connectivity index (χ4v) is 3.92. The molecule has 0 heterocycles. The fourth-order valence-electron chi connectivity index (χ4n) is 3.92. The van der Waals surface area contributed by atoms with Crippen LogP contribution in [-0.2, 0) is 4.79 Å². The highest BCUT2D eigenvalue weighted by molar-refractivity contribution is 5.84. The molecule has 0 saturated heterocycles. The lowest BCUT2D eigenvalue weighted by molar-refractivity contribution is -0.125. The Hall–Kier alpha value is -0.610. The van der Waals surface area contributed by atoms with Gasteiger partial charge in [-0.2, -0.15) is 0 Å². The Bertz CT molecular complexity index is 333. The molecular formula is C15H29N3O. The first kappa shape index (κ1) is 14.8.